The SMILES string of the molecule is c1ccc(-c2ccc(N(c3ccc(-c4cccc5c4c4ccccc4n5-c4cccc(-c5ccccc5)c4)cc3)c3cccc(-n4c5ccccc5c5ccccc54)c3)cc2)cc1. The Kier molecular flexibility index (Phi) is 8.83. The van der Waals surface area contributed by atoms with E-state index in [1.807, 2.05) is 0 Å². The summed E-state index contributed by atoms with van der Waals surface area (Å²) < 4.78 is 4.81. The summed E-state index contributed by atoms with van der Waals surface area (Å²) in [5.41, 5.74) is 17.4. The van der Waals surface area contributed by atoms with Crippen LogP contribution in [0, 0.1) is 0 Å². The Morgan fingerprint density at radius 2 is 0.683 bits per heavy atom. The van der Waals surface area contributed by atoms with Crippen LogP contribution in [0.15, 0.2) is 249 Å². The summed E-state index contributed by atoms with van der Waals surface area (Å²) in [5, 5.41) is 4.99. The molecule has 3 heteroatoms. The summed E-state index contributed by atoms with van der Waals surface area (Å²) in [6.45, 7) is 0. The first kappa shape index (κ1) is 36.5. The lowest BCUT2D eigenvalue weighted by atomic mass is 9.99. The van der Waals surface area contributed by atoms with Gasteiger partial charge in [0.15, 0.2) is 0 Å². The van der Waals surface area contributed by atoms with E-state index in [1.165, 1.54) is 77.0 Å². The molecule has 0 aliphatic rings. The smallest absolute Gasteiger partial charge is 0.0547 e. The number of anilines is 3. The maximum atomic E-state index is 2.42. The molecule has 12 aromatic rings. The molecule has 3 nitrogen and oxygen atoms in total. The molecule has 0 saturated heterocycles. The van der Waals surface area contributed by atoms with Crippen LogP contribution in [0.3, 0.4) is 0 Å². The van der Waals surface area contributed by atoms with Crippen molar-refractivity contribution in [1.82, 2.24) is 9.13 Å². The zero-order valence-corrected chi connectivity index (χ0v) is 34.5. The minimum absolute atomic E-state index is 1.08. The molecular weight excluding hydrogens is 763 g/mol. The molecular formula is C60H41N3. The third-order valence-corrected chi connectivity index (χ3v) is 12.5. The number of para-hydroxylation sites is 3. The zero-order chi connectivity index (χ0) is 41.7. The summed E-state index contributed by atoms with van der Waals surface area (Å²) in [5.74, 6) is 0. The van der Waals surface area contributed by atoms with Gasteiger partial charge in [0.1, 0.15) is 0 Å². The van der Waals surface area contributed by atoms with E-state index in [4.69, 9.17) is 0 Å². The van der Waals surface area contributed by atoms with E-state index < -0.39 is 0 Å². The van der Waals surface area contributed by atoms with Crippen molar-refractivity contribution in [2.45, 2.75) is 0 Å². The molecule has 0 radical (unpaired) electrons. The van der Waals surface area contributed by atoms with Gasteiger partial charge in [0, 0.05) is 50.0 Å². The summed E-state index contributed by atoms with van der Waals surface area (Å²) in [7, 11) is 0. The molecule has 0 unspecified atom stereocenters. The minimum Gasteiger partial charge on any atom is -0.310 e. The summed E-state index contributed by atoms with van der Waals surface area (Å²) in [6.07, 6.45) is 0. The molecule has 0 bridgehead atoms. The van der Waals surface area contributed by atoms with Crippen LogP contribution in [0.4, 0.5) is 17.1 Å². The highest BCUT2D eigenvalue weighted by atomic mass is 15.1. The van der Waals surface area contributed by atoms with E-state index in [0.29, 0.717) is 0 Å². The molecule has 0 aliphatic carbocycles. The topological polar surface area (TPSA) is 13.1 Å². The van der Waals surface area contributed by atoms with Crippen molar-refractivity contribution in [2.75, 3.05) is 4.90 Å². The van der Waals surface area contributed by atoms with E-state index in [-0.39, 0.29) is 0 Å². The maximum absolute atomic E-state index is 2.42. The Morgan fingerprint density at radius 1 is 0.254 bits per heavy atom. The average Bonchev–Trinajstić information content (AvgIpc) is 3.89. The number of aromatic nitrogens is 2. The molecule has 10 aromatic carbocycles. The molecule has 0 N–H and O–H groups in total. The van der Waals surface area contributed by atoms with Gasteiger partial charge in [-0.1, -0.05) is 170 Å². The molecule has 0 spiro atoms. The molecule has 0 atom stereocenters. The second-order valence-corrected chi connectivity index (χ2v) is 16.2. The Morgan fingerprint density at radius 3 is 1.32 bits per heavy atom. The number of benzene rings is 10. The van der Waals surface area contributed by atoms with E-state index in [0.717, 1.165) is 28.4 Å². The van der Waals surface area contributed by atoms with Gasteiger partial charge >= 0.3 is 0 Å². The Hall–Kier alpha value is -8.40. The second-order valence-electron chi connectivity index (χ2n) is 16.2. The first-order chi connectivity index (χ1) is 31.3. The van der Waals surface area contributed by atoms with Crippen LogP contribution in [0.1, 0.15) is 0 Å². The number of nitrogens with zero attached hydrogens (tertiary/aromatic N) is 3. The van der Waals surface area contributed by atoms with Gasteiger partial charge in [-0.25, -0.2) is 0 Å². The standard InChI is InChI=1S/C60H41N3/c1-3-16-42(17-4-1)44-32-36-47(37-33-44)61(50-22-14-23-51(41-50)62-56-28-10-7-24-53(56)54-25-8-11-29-57(54)62)48-38-34-45(35-39-48)52-27-15-31-59-60(52)55-26-9-12-30-58(55)63(59)49-21-13-20-46(40-49)43-18-5-2-6-19-43/h1-41H. The number of fused-ring (bicyclic) bond motifs is 6. The second kappa shape index (κ2) is 15.3. The van der Waals surface area contributed by atoms with E-state index in [1.54, 1.807) is 0 Å². The quantitative estimate of drug-likeness (QED) is 0.149. The molecule has 63 heavy (non-hydrogen) atoms. The first-order valence-electron chi connectivity index (χ1n) is 21.6. The van der Waals surface area contributed by atoms with Crippen molar-refractivity contribution in [3.05, 3.63) is 249 Å². The lowest BCUT2D eigenvalue weighted by Gasteiger charge is -2.26. The van der Waals surface area contributed by atoms with Gasteiger partial charge in [-0.15, -0.1) is 0 Å². The van der Waals surface area contributed by atoms with Crippen LogP contribution in [0.2, 0.25) is 0 Å². The van der Waals surface area contributed by atoms with Gasteiger partial charge in [-0.2, -0.15) is 0 Å². The van der Waals surface area contributed by atoms with Gasteiger partial charge in [-0.3, -0.25) is 0 Å². The zero-order valence-electron chi connectivity index (χ0n) is 34.5. The lowest BCUT2D eigenvalue weighted by molar-refractivity contribution is 1.17. The van der Waals surface area contributed by atoms with Crippen molar-refractivity contribution >= 4 is 60.7 Å². The van der Waals surface area contributed by atoms with E-state index in [9.17, 15) is 0 Å². The first-order valence-corrected chi connectivity index (χ1v) is 21.6. The van der Waals surface area contributed by atoms with Crippen LogP contribution >= 0.6 is 0 Å². The molecule has 2 aromatic heterocycles. The predicted molar refractivity (Wildman–Crippen MR) is 266 cm³/mol. The fourth-order valence-electron chi connectivity index (χ4n) is 9.64. The molecule has 0 aliphatic heterocycles. The third-order valence-electron chi connectivity index (χ3n) is 12.5. The van der Waals surface area contributed by atoms with Gasteiger partial charge in [-0.05, 0) is 112 Å². The van der Waals surface area contributed by atoms with Crippen LogP contribution < -0.4 is 4.90 Å². The molecule has 0 fully saturated rings. The molecule has 296 valence electrons. The minimum atomic E-state index is 1.08. The predicted octanol–water partition coefficient (Wildman–Crippen LogP) is 16.4. The fourth-order valence-corrected chi connectivity index (χ4v) is 9.64. The normalized spacial score (nSPS) is 11.5. The highest BCUT2D eigenvalue weighted by Gasteiger charge is 2.19. The number of hydrogen-bond donors (Lipinski definition) is 0. The Bertz CT molecular complexity index is 3550. The molecule has 2 heterocycles. The van der Waals surface area contributed by atoms with Gasteiger partial charge < -0.3 is 14.0 Å². The molecule has 0 saturated carbocycles. The fraction of sp³-hybridized carbons (Fsp3) is 0. The van der Waals surface area contributed by atoms with Crippen LogP contribution in [0.5, 0.6) is 0 Å². The van der Waals surface area contributed by atoms with Crippen molar-refractivity contribution in [1.29, 1.82) is 0 Å². The Balaban J connectivity index is 0.987. The van der Waals surface area contributed by atoms with Crippen molar-refractivity contribution < 1.29 is 0 Å². The number of rotatable bonds is 8. The third kappa shape index (κ3) is 6.29. The van der Waals surface area contributed by atoms with E-state index in [2.05, 4.69) is 263 Å². The summed E-state index contributed by atoms with van der Waals surface area (Å²) in [6, 6.07) is 90.0. The van der Waals surface area contributed by atoms with Crippen LogP contribution in [-0.2, 0) is 0 Å². The van der Waals surface area contributed by atoms with Crippen molar-refractivity contribution in [3.63, 3.8) is 0 Å². The molecule has 12 rings (SSSR count). The summed E-state index contributed by atoms with van der Waals surface area (Å²) >= 11 is 0. The van der Waals surface area contributed by atoms with Gasteiger partial charge in [0.2, 0.25) is 0 Å². The van der Waals surface area contributed by atoms with Gasteiger partial charge in [0.05, 0.1) is 22.1 Å². The van der Waals surface area contributed by atoms with Gasteiger partial charge in [0.25, 0.3) is 0 Å². The monoisotopic (exact) mass is 803 g/mol. The van der Waals surface area contributed by atoms with Crippen molar-refractivity contribution in [3.8, 4) is 44.8 Å². The highest BCUT2D eigenvalue weighted by Crippen LogP contribution is 2.42. The average molecular weight is 804 g/mol. The summed E-state index contributed by atoms with van der Waals surface area (Å²) in [4.78, 5) is 2.38. The Labute approximate surface area is 366 Å². The van der Waals surface area contributed by atoms with Crippen molar-refractivity contribution in [2.24, 2.45) is 0 Å². The van der Waals surface area contributed by atoms with E-state index >= 15 is 0 Å². The van der Waals surface area contributed by atoms with Crippen LogP contribution in [0.25, 0.3) is 88.4 Å². The maximum Gasteiger partial charge on any atom is 0.0547 e. The van der Waals surface area contributed by atoms with Crippen LogP contribution in [-0.4, -0.2) is 9.13 Å². The largest absolute Gasteiger partial charge is 0.310 e. The number of hydrogen-bond acceptors (Lipinski definition) is 1. The lowest BCUT2D eigenvalue weighted by Crippen LogP contribution is -2.10. The molecule has 0 amide bonds. The highest BCUT2D eigenvalue weighted by molar-refractivity contribution is 6.16.